The number of nitrogens with zero attached hydrogens (tertiary/aromatic N) is 4. The molecule has 1 amide bonds. The number of piperazine rings is 1. The van der Waals surface area contributed by atoms with Crippen LogP contribution in [0, 0.1) is 5.82 Å². The fourth-order valence-corrected chi connectivity index (χ4v) is 3.85. The van der Waals surface area contributed by atoms with E-state index in [1.165, 1.54) is 23.0 Å². The van der Waals surface area contributed by atoms with Gasteiger partial charge in [-0.3, -0.25) is 14.2 Å². The number of benzene rings is 1. The number of carbonyl (C=O) groups is 1. The molecule has 2 heterocycles. The van der Waals surface area contributed by atoms with Gasteiger partial charge in [-0.1, -0.05) is 0 Å². The topological polar surface area (TPSA) is 58.4 Å². The summed E-state index contributed by atoms with van der Waals surface area (Å²) < 4.78 is 14.5. The maximum Gasteiger partial charge on any atom is 0.257 e. The van der Waals surface area contributed by atoms with Crippen molar-refractivity contribution in [2.24, 2.45) is 0 Å². The average molecular weight is 370 g/mol. The second-order valence-electron chi connectivity index (χ2n) is 7.15. The number of amides is 1. The summed E-state index contributed by atoms with van der Waals surface area (Å²) in [4.78, 5) is 33.6. The van der Waals surface area contributed by atoms with Crippen LogP contribution in [-0.4, -0.2) is 46.5 Å². The Labute approximate surface area is 157 Å². The highest BCUT2D eigenvalue weighted by atomic mass is 19.1. The molecule has 0 saturated carbocycles. The van der Waals surface area contributed by atoms with Crippen molar-refractivity contribution >= 4 is 11.6 Å². The van der Waals surface area contributed by atoms with Crippen LogP contribution in [0.5, 0.6) is 0 Å². The van der Waals surface area contributed by atoms with Crippen molar-refractivity contribution < 1.29 is 9.18 Å². The first kappa shape index (κ1) is 17.7. The van der Waals surface area contributed by atoms with Gasteiger partial charge in [-0.15, -0.1) is 0 Å². The van der Waals surface area contributed by atoms with E-state index in [0.717, 1.165) is 42.6 Å². The number of rotatable bonds is 3. The van der Waals surface area contributed by atoms with E-state index in [1.807, 2.05) is 0 Å². The average Bonchev–Trinajstić information content (AvgIpc) is 2.71. The van der Waals surface area contributed by atoms with Gasteiger partial charge in [0.15, 0.2) is 0 Å². The summed E-state index contributed by atoms with van der Waals surface area (Å²) in [5.41, 5.74) is 2.55. The molecule has 142 valence electrons. The molecule has 0 bridgehead atoms. The Bertz CT molecular complexity index is 886. The van der Waals surface area contributed by atoms with Crippen molar-refractivity contribution in [3.63, 3.8) is 0 Å². The number of aromatic nitrogens is 2. The predicted octanol–water partition coefficient (Wildman–Crippen LogP) is 1.61. The summed E-state index contributed by atoms with van der Waals surface area (Å²) >= 11 is 0. The van der Waals surface area contributed by atoms with E-state index in [2.05, 4.69) is 9.88 Å². The van der Waals surface area contributed by atoms with Crippen LogP contribution in [0.3, 0.4) is 0 Å². The summed E-state index contributed by atoms with van der Waals surface area (Å²) in [5.74, 6) is -0.315. The maximum absolute atomic E-state index is 13.1. The van der Waals surface area contributed by atoms with Crippen LogP contribution in [0.15, 0.2) is 35.4 Å². The molecule has 2 aromatic rings. The molecule has 2 aliphatic rings. The van der Waals surface area contributed by atoms with Gasteiger partial charge in [0, 0.05) is 37.4 Å². The molecule has 0 spiro atoms. The number of aryl methyl sites for hydroxylation is 1. The Hall–Kier alpha value is -2.70. The molecule has 1 aliphatic heterocycles. The van der Waals surface area contributed by atoms with Crippen LogP contribution >= 0.6 is 0 Å². The first-order chi connectivity index (χ1) is 13.1. The van der Waals surface area contributed by atoms with E-state index in [1.54, 1.807) is 17.0 Å². The molecular formula is C20H23FN4O2. The van der Waals surface area contributed by atoms with Crippen molar-refractivity contribution in [1.29, 1.82) is 0 Å². The van der Waals surface area contributed by atoms with Gasteiger partial charge in [-0.05, 0) is 49.9 Å². The summed E-state index contributed by atoms with van der Waals surface area (Å²) in [7, 11) is 0. The Morgan fingerprint density at radius 3 is 2.48 bits per heavy atom. The van der Waals surface area contributed by atoms with Crippen LogP contribution in [0.4, 0.5) is 10.1 Å². The second kappa shape index (κ2) is 7.50. The third kappa shape index (κ3) is 3.72. The van der Waals surface area contributed by atoms with Gasteiger partial charge in [0.25, 0.3) is 5.56 Å². The van der Waals surface area contributed by atoms with Crippen molar-refractivity contribution in [3.8, 4) is 0 Å². The van der Waals surface area contributed by atoms with E-state index in [-0.39, 0.29) is 23.8 Å². The number of hydrogen-bond donors (Lipinski definition) is 0. The molecule has 0 unspecified atom stereocenters. The molecule has 7 heteroatoms. The number of halogens is 1. The van der Waals surface area contributed by atoms with Crippen molar-refractivity contribution in [3.05, 3.63) is 58.0 Å². The lowest BCUT2D eigenvalue weighted by molar-refractivity contribution is -0.132. The van der Waals surface area contributed by atoms with Gasteiger partial charge in [0.05, 0.1) is 12.0 Å². The second-order valence-corrected chi connectivity index (χ2v) is 7.15. The van der Waals surface area contributed by atoms with Crippen molar-refractivity contribution in [2.75, 3.05) is 31.1 Å². The Morgan fingerprint density at radius 1 is 1.04 bits per heavy atom. The van der Waals surface area contributed by atoms with Gasteiger partial charge in [0.2, 0.25) is 5.91 Å². The van der Waals surface area contributed by atoms with E-state index < -0.39 is 0 Å². The van der Waals surface area contributed by atoms with E-state index in [0.29, 0.717) is 26.2 Å². The lowest BCUT2D eigenvalue weighted by atomic mass is 9.97. The molecule has 1 fully saturated rings. The van der Waals surface area contributed by atoms with Gasteiger partial charge in [-0.25, -0.2) is 9.37 Å². The SMILES string of the molecule is O=C(Cn1cnc2c(c1=O)CCCC2)N1CCN(c2ccc(F)cc2)CC1. The highest BCUT2D eigenvalue weighted by Crippen LogP contribution is 2.17. The fraction of sp³-hybridized carbons (Fsp3) is 0.450. The maximum atomic E-state index is 13.1. The van der Waals surface area contributed by atoms with Crippen molar-refractivity contribution in [1.82, 2.24) is 14.5 Å². The predicted molar refractivity (Wildman–Crippen MR) is 100 cm³/mol. The Balaban J connectivity index is 1.39. The third-order valence-corrected chi connectivity index (χ3v) is 5.44. The Kier molecular flexibility index (Phi) is 4.92. The minimum absolute atomic E-state index is 0.0374. The molecule has 1 saturated heterocycles. The van der Waals surface area contributed by atoms with Gasteiger partial charge in [-0.2, -0.15) is 0 Å². The molecule has 1 aliphatic carbocycles. The molecule has 0 atom stereocenters. The summed E-state index contributed by atoms with van der Waals surface area (Å²) in [5, 5.41) is 0. The normalized spacial score (nSPS) is 16.9. The number of carbonyl (C=O) groups excluding carboxylic acids is 1. The molecule has 27 heavy (non-hydrogen) atoms. The van der Waals surface area contributed by atoms with Gasteiger partial charge >= 0.3 is 0 Å². The van der Waals surface area contributed by atoms with Gasteiger partial charge < -0.3 is 9.80 Å². The fourth-order valence-electron chi connectivity index (χ4n) is 3.85. The summed E-state index contributed by atoms with van der Waals surface area (Å²) in [6, 6.07) is 6.40. The highest BCUT2D eigenvalue weighted by molar-refractivity contribution is 5.76. The zero-order valence-corrected chi connectivity index (χ0v) is 15.2. The molecule has 1 aromatic heterocycles. The first-order valence-corrected chi connectivity index (χ1v) is 9.47. The zero-order valence-electron chi connectivity index (χ0n) is 15.2. The highest BCUT2D eigenvalue weighted by Gasteiger charge is 2.23. The molecule has 0 radical (unpaired) electrons. The minimum Gasteiger partial charge on any atom is -0.368 e. The van der Waals surface area contributed by atoms with Crippen LogP contribution < -0.4 is 10.5 Å². The molecule has 4 rings (SSSR count). The lowest BCUT2D eigenvalue weighted by Crippen LogP contribution is -2.50. The standard InChI is InChI=1S/C20H23FN4O2/c21-15-5-7-16(8-6-15)23-9-11-24(12-10-23)19(26)13-25-14-22-18-4-2-1-3-17(18)20(25)27/h5-8,14H,1-4,9-13H2. The number of anilines is 1. The van der Waals surface area contributed by atoms with Gasteiger partial charge in [0.1, 0.15) is 12.4 Å². The zero-order chi connectivity index (χ0) is 18.8. The first-order valence-electron chi connectivity index (χ1n) is 9.47. The smallest absolute Gasteiger partial charge is 0.257 e. The largest absolute Gasteiger partial charge is 0.368 e. The van der Waals surface area contributed by atoms with E-state index in [9.17, 15) is 14.0 Å². The van der Waals surface area contributed by atoms with Crippen LogP contribution in [0.2, 0.25) is 0 Å². The monoisotopic (exact) mass is 370 g/mol. The van der Waals surface area contributed by atoms with Crippen LogP contribution in [0.25, 0.3) is 0 Å². The molecule has 0 N–H and O–H groups in total. The molecular weight excluding hydrogens is 347 g/mol. The molecule has 1 aromatic carbocycles. The van der Waals surface area contributed by atoms with E-state index in [4.69, 9.17) is 0 Å². The lowest BCUT2D eigenvalue weighted by Gasteiger charge is -2.36. The van der Waals surface area contributed by atoms with Crippen molar-refractivity contribution in [2.45, 2.75) is 32.2 Å². The van der Waals surface area contributed by atoms with E-state index >= 15 is 0 Å². The summed E-state index contributed by atoms with van der Waals surface area (Å²) in [6.45, 7) is 2.59. The number of fused-ring (bicyclic) bond motifs is 1. The Morgan fingerprint density at radius 2 is 1.74 bits per heavy atom. The molecule has 6 nitrogen and oxygen atoms in total. The quantitative estimate of drug-likeness (QED) is 0.824. The van der Waals surface area contributed by atoms with Crippen LogP contribution in [0.1, 0.15) is 24.1 Å². The third-order valence-electron chi connectivity index (χ3n) is 5.44. The minimum atomic E-state index is -0.253. The number of hydrogen-bond acceptors (Lipinski definition) is 4. The summed E-state index contributed by atoms with van der Waals surface area (Å²) in [6.07, 6.45) is 5.20. The van der Waals surface area contributed by atoms with Crippen LogP contribution in [-0.2, 0) is 24.2 Å².